The molecule has 0 aromatic carbocycles. The Balaban J connectivity index is 3.59. The quantitative estimate of drug-likeness (QED) is 0.489. The Morgan fingerprint density at radius 2 is 2.07 bits per heavy atom. The van der Waals surface area contributed by atoms with Crippen molar-refractivity contribution in [1.29, 1.82) is 0 Å². The Kier molecular flexibility index (Phi) is 7.57. The molecule has 0 saturated carbocycles. The standard InChI is InChI=1S/C9H19N3O3/c1-7(3-4-15-2)12-9(14)6-11-8(13)5-10/h7H,3-6,10H2,1-2H3,(H,11,13)(H,12,14). The molecule has 6 heteroatoms. The van der Waals surface area contributed by atoms with Crippen LogP contribution in [0.3, 0.4) is 0 Å². The van der Waals surface area contributed by atoms with Gasteiger partial charge in [-0.05, 0) is 13.3 Å². The van der Waals surface area contributed by atoms with Crippen LogP contribution in [0.4, 0.5) is 0 Å². The van der Waals surface area contributed by atoms with Crippen molar-refractivity contribution >= 4 is 11.8 Å². The van der Waals surface area contributed by atoms with E-state index in [1.165, 1.54) is 0 Å². The number of amides is 2. The maximum Gasteiger partial charge on any atom is 0.239 e. The molecule has 6 nitrogen and oxygen atoms in total. The molecule has 0 heterocycles. The van der Waals surface area contributed by atoms with Gasteiger partial charge in [-0.1, -0.05) is 0 Å². The molecule has 0 radical (unpaired) electrons. The summed E-state index contributed by atoms with van der Waals surface area (Å²) in [6.07, 6.45) is 0.743. The minimum Gasteiger partial charge on any atom is -0.385 e. The van der Waals surface area contributed by atoms with Crippen molar-refractivity contribution in [1.82, 2.24) is 10.6 Å². The van der Waals surface area contributed by atoms with E-state index in [1.807, 2.05) is 6.92 Å². The van der Waals surface area contributed by atoms with E-state index < -0.39 is 0 Å². The summed E-state index contributed by atoms with van der Waals surface area (Å²) in [4.78, 5) is 22.0. The van der Waals surface area contributed by atoms with Crippen LogP contribution in [0.25, 0.3) is 0 Å². The molecule has 4 N–H and O–H groups in total. The summed E-state index contributed by atoms with van der Waals surface area (Å²) < 4.78 is 4.87. The number of nitrogens with two attached hydrogens (primary N) is 1. The van der Waals surface area contributed by atoms with Crippen LogP contribution in [-0.2, 0) is 14.3 Å². The van der Waals surface area contributed by atoms with E-state index in [2.05, 4.69) is 10.6 Å². The fraction of sp³-hybridized carbons (Fsp3) is 0.778. The lowest BCUT2D eigenvalue weighted by Gasteiger charge is -2.13. The SMILES string of the molecule is COCCC(C)NC(=O)CNC(=O)CN. The average Bonchev–Trinajstić information content (AvgIpc) is 2.22. The normalized spacial score (nSPS) is 11.9. The number of hydrogen-bond donors (Lipinski definition) is 3. The summed E-state index contributed by atoms with van der Waals surface area (Å²) in [5.74, 6) is -0.560. The second-order valence-corrected chi connectivity index (χ2v) is 3.23. The summed E-state index contributed by atoms with van der Waals surface area (Å²) in [6.45, 7) is 2.33. The zero-order valence-corrected chi connectivity index (χ0v) is 9.21. The molecule has 15 heavy (non-hydrogen) atoms. The highest BCUT2D eigenvalue weighted by Gasteiger charge is 2.07. The third-order valence-corrected chi connectivity index (χ3v) is 1.79. The fourth-order valence-electron chi connectivity index (χ4n) is 0.944. The predicted molar refractivity (Wildman–Crippen MR) is 56.2 cm³/mol. The summed E-state index contributed by atoms with van der Waals surface area (Å²) in [5.41, 5.74) is 5.06. The van der Waals surface area contributed by atoms with Gasteiger partial charge in [0.05, 0.1) is 13.1 Å². The van der Waals surface area contributed by atoms with Crippen molar-refractivity contribution in [3.8, 4) is 0 Å². The molecule has 0 aliphatic carbocycles. The van der Waals surface area contributed by atoms with Crippen LogP contribution in [0, 0.1) is 0 Å². The van der Waals surface area contributed by atoms with E-state index in [-0.39, 0.29) is 30.9 Å². The number of rotatable bonds is 7. The van der Waals surface area contributed by atoms with Gasteiger partial charge in [0.25, 0.3) is 0 Å². The molecule has 88 valence electrons. The van der Waals surface area contributed by atoms with Gasteiger partial charge in [0.1, 0.15) is 0 Å². The van der Waals surface area contributed by atoms with Crippen molar-refractivity contribution in [2.24, 2.45) is 5.73 Å². The number of methoxy groups -OCH3 is 1. The third-order valence-electron chi connectivity index (χ3n) is 1.79. The second kappa shape index (κ2) is 8.19. The van der Waals surface area contributed by atoms with E-state index >= 15 is 0 Å². The largest absolute Gasteiger partial charge is 0.385 e. The second-order valence-electron chi connectivity index (χ2n) is 3.23. The van der Waals surface area contributed by atoms with E-state index in [4.69, 9.17) is 10.5 Å². The van der Waals surface area contributed by atoms with E-state index in [1.54, 1.807) is 7.11 Å². The molecule has 0 aliphatic rings. The van der Waals surface area contributed by atoms with Crippen LogP contribution in [0.5, 0.6) is 0 Å². The highest BCUT2D eigenvalue weighted by atomic mass is 16.5. The Labute approximate surface area is 89.5 Å². The molecule has 0 rings (SSSR count). The van der Waals surface area contributed by atoms with Crippen LogP contribution in [0.2, 0.25) is 0 Å². The van der Waals surface area contributed by atoms with Crippen molar-refractivity contribution < 1.29 is 14.3 Å². The lowest BCUT2D eigenvalue weighted by Crippen LogP contribution is -2.42. The highest BCUT2D eigenvalue weighted by Crippen LogP contribution is 1.89. The van der Waals surface area contributed by atoms with Crippen LogP contribution >= 0.6 is 0 Å². The molecule has 0 bridgehead atoms. The average molecular weight is 217 g/mol. The van der Waals surface area contributed by atoms with Crippen molar-refractivity contribution in [3.63, 3.8) is 0 Å². The molecule has 2 amide bonds. The Bertz CT molecular complexity index is 209. The molecule has 1 unspecified atom stereocenters. The zero-order chi connectivity index (χ0) is 11.7. The molecule has 0 aliphatic heterocycles. The topological polar surface area (TPSA) is 93.5 Å². The first-order chi connectivity index (χ1) is 7.10. The van der Waals surface area contributed by atoms with Gasteiger partial charge in [-0.25, -0.2) is 0 Å². The van der Waals surface area contributed by atoms with Gasteiger partial charge < -0.3 is 21.1 Å². The summed E-state index contributed by atoms with van der Waals surface area (Å²) >= 11 is 0. The lowest BCUT2D eigenvalue weighted by molar-refractivity contribution is -0.125. The van der Waals surface area contributed by atoms with Gasteiger partial charge >= 0.3 is 0 Å². The van der Waals surface area contributed by atoms with Gasteiger partial charge in [-0.15, -0.1) is 0 Å². The van der Waals surface area contributed by atoms with E-state index in [9.17, 15) is 9.59 Å². The molecule has 0 spiro atoms. The van der Waals surface area contributed by atoms with Gasteiger partial charge in [-0.3, -0.25) is 9.59 Å². The number of nitrogens with one attached hydrogen (secondary N) is 2. The Morgan fingerprint density at radius 1 is 1.40 bits per heavy atom. The smallest absolute Gasteiger partial charge is 0.239 e. The molecule has 1 atom stereocenters. The molecule has 0 fully saturated rings. The maximum atomic E-state index is 11.2. The molecule has 0 aromatic rings. The fourth-order valence-corrected chi connectivity index (χ4v) is 0.944. The van der Waals surface area contributed by atoms with Crippen LogP contribution in [0.1, 0.15) is 13.3 Å². The van der Waals surface area contributed by atoms with Crippen LogP contribution in [-0.4, -0.2) is 44.7 Å². The highest BCUT2D eigenvalue weighted by molar-refractivity contribution is 5.85. The number of carbonyl (C=O) groups is 2. The summed E-state index contributed by atoms with van der Waals surface area (Å²) in [7, 11) is 1.61. The summed E-state index contributed by atoms with van der Waals surface area (Å²) in [6, 6.07) is 0.0345. The predicted octanol–water partition coefficient (Wildman–Crippen LogP) is -1.40. The lowest BCUT2D eigenvalue weighted by atomic mass is 10.2. The molecular formula is C9H19N3O3. The Morgan fingerprint density at radius 3 is 2.60 bits per heavy atom. The zero-order valence-electron chi connectivity index (χ0n) is 9.21. The molecular weight excluding hydrogens is 198 g/mol. The van der Waals surface area contributed by atoms with E-state index in [0.29, 0.717) is 6.61 Å². The summed E-state index contributed by atoms with van der Waals surface area (Å²) in [5, 5.41) is 5.11. The van der Waals surface area contributed by atoms with Crippen molar-refractivity contribution in [3.05, 3.63) is 0 Å². The number of hydrogen-bond acceptors (Lipinski definition) is 4. The monoisotopic (exact) mass is 217 g/mol. The van der Waals surface area contributed by atoms with Crippen molar-refractivity contribution in [2.75, 3.05) is 26.8 Å². The minimum absolute atomic E-state index is 0.0344. The third kappa shape index (κ3) is 7.90. The first-order valence-corrected chi connectivity index (χ1v) is 4.85. The van der Waals surface area contributed by atoms with Crippen LogP contribution in [0.15, 0.2) is 0 Å². The molecule has 0 saturated heterocycles. The number of ether oxygens (including phenoxy) is 1. The first-order valence-electron chi connectivity index (χ1n) is 4.85. The van der Waals surface area contributed by atoms with Gasteiger partial charge in [0.15, 0.2) is 0 Å². The first kappa shape index (κ1) is 13.9. The van der Waals surface area contributed by atoms with Gasteiger partial charge in [0, 0.05) is 19.8 Å². The van der Waals surface area contributed by atoms with E-state index in [0.717, 1.165) is 6.42 Å². The van der Waals surface area contributed by atoms with Gasteiger partial charge in [-0.2, -0.15) is 0 Å². The minimum atomic E-state index is -0.338. The maximum absolute atomic E-state index is 11.2. The number of carbonyl (C=O) groups excluding carboxylic acids is 2. The van der Waals surface area contributed by atoms with Gasteiger partial charge in [0.2, 0.25) is 11.8 Å². The van der Waals surface area contributed by atoms with Crippen molar-refractivity contribution in [2.45, 2.75) is 19.4 Å². The molecule has 0 aromatic heterocycles. The van der Waals surface area contributed by atoms with Crippen LogP contribution < -0.4 is 16.4 Å². The Hall–Kier alpha value is -1.14.